The second-order valence-corrected chi connectivity index (χ2v) is 4.96. The van der Waals surface area contributed by atoms with Gasteiger partial charge in [0, 0.05) is 18.8 Å². The summed E-state index contributed by atoms with van der Waals surface area (Å²) in [6, 6.07) is 14.9. The molecule has 0 spiro atoms. The van der Waals surface area contributed by atoms with E-state index in [2.05, 4.69) is 0 Å². The minimum atomic E-state index is -0.0943. The fourth-order valence-corrected chi connectivity index (χ4v) is 2.21. The van der Waals surface area contributed by atoms with Crippen LogP contribution in [0.2, 0.25) is 0 Å². The predicted octanol–water partition coefficient (Wildman–Crippen LogP) is 3.11. The van der Waals surface area contributed by atoms with Crippen LogP contribution >= 0.6 is 0 Å². The van der Waals surface area contributed by atoms with E-state index >= 15 is 0 Å². The smallest absolute Gasteiger partial charge is 0.257 e. The SMILES string of the molecule is COc1cc(N)ccc1C(=O)N(C)C(C)c1ccccc1. The first-order valence-corrected chi connectivity index (χ1v) is 6.80. The zero-order valence-electron chi connectivity index (χ0n) is 12.5. The summed E-state index contributed by atoms with van der Waals surface area (Å²) < 4.78 is 5.26. The van der Waals surface area contributed by atoms with Crippen LogP contribution in [-0.4, -0.2) is 25.0 Å². The van der Waals surface area contributed by atoms with Crippen molar-refractivity contribution in [2.24, 2.45) is 0 Å². The second-order valence-electron chi connectivity index (χ2n) is 4.96. The molecule has 1 unspecified atom stereocenters. The van der Waals surface area contributed by atoms with Crippen LogP contribution in [0.25, 0.3) is 0 Å². The van der Waals surface area contributed by atoms with Crippen LogP contribution in [-0.2, 0) is 0 Å². The number of nitrogens with zero attached hydrogens (tertiary/aromatic N) is 1. The number of hydrogen-bond acceptors (Lipinski definition) is 3. The zero-order chi connectivity index (χ0) is 15.4. The first-order valence-electron chi connectivity index (χ1n) is 6.80. The first kappa shape index (κ1) is 14.9. The van der Waals surface area contributed by atoms with E-state index in [1.54, 1.807) is 30.1 Å². The molecule has 0 aliphatic carbocycles. The maximum absolute atomic E-state index is 12.7. The lowest BCUT2D eigenvalue weighted by molar-refractivity contribution is 0.0739. The van der Waals surface area contributed by atoms with Gasteiger partial charge in [-0.1, -0.05) is 30.3 Å². The van der Waals surface area contributed by atoms with Crippen molar-refractivity contribution in [3.8, 4) is 5.75 Å². The van der Waals surface area contributed by atoms with E-state index in [4.69, 9.17) is 10.5 Å². The molecule has 0 heterocycles. The number of anilines is 1. The summed E-state index contributed by atoms with van der Waals surface area (Å²) in [6.07, 6.45) is 0. The van der Waals surface area contributed by atoms with E-state index in [1.807, 2.05) is 37.3 Å². The summed E-state index contributed by atoms with van der Waals surface area (Å²) in [6.45, 7) is 2.00. The Balaban J connectivity index is 2.27. The Hall–Kier alpha value is -2.49. The molecular formula is C17H20N2O2. The molecule has 0 saturated heterocycles. The Morgan fingerprint density at radius 1 is 1.19 bits per heavy atom. The Labute approximate surface area is 125 Å². The maximum Gasteiger partial charge on any atom is 0.257 e. The summed E-state index contributed by atoms with van der Waals surface area (Å²) in [5, 5.41) is 0. The van der Waals surface area contributed by atoms with Crippen molar-refractivity contribution >= 4 is 11.6 Å². The van der Waals surface area contributed by atoms with Crippen molar-refractivity contribution in [1.29, 1.82) is 0 Å². The number of nitrogens with two attached hydrogens (primary N) is 1. The van der Waals surface area contributed by atoms with Crippen LogP contribution in [0, 0.1) is 0 Å². The molecule has 0 fully saturated rings. The lowest BCUT2D eigenvalue weighted by atomic mass is 10.1. The highest BCUT2D eigenvalue weighted by molar-refractivity contribution is 5.97. The van der Waals surface area contributed by atoms with Gasteiger partial charge in [-0.3, -0.25) is 4.79 Å². The van der Waals surface area contributed by atoms with E-state index in [0.717, 1.165) is 5.56 Å². The second kappa shape index (κ2) is 6.31. The average molecular weight is 284 g/mol. The van der Waals surface area contributed by atoms with Crippen molar-refractivity contribution in [3.63, 3.8) is 0 Å². The van der Waals surface area contributed by atoms with Crippen LogP contribution in [0.1, 0.15) is 28.9 Å². The van der Waals surface area contributed by atoms with Crippen LogP contribution < -0.4 is 10.5 Å². The number of methoxy groups -OCH3 is 1. The van der Waals surface area contributed by atoms with E-state index in [-0.39, 0.29) is 11.9 Å². The molecule has 2 rings (SSSR count). The molecule has 21 heavy (non-hydrogen) atoms. The monoisotopic (exact) mass is 284 g/mol. The highest BCUT2D eigenvalue weighted by atomic mass is 16.5. The van der Waals surface area contributed by atoms with Gasteiger partial charge in [0.1, 0.15) is 5.75 Å². The van der Waals surface area contributed by atoms with Crippen LogP contribution in [0.4, 0.5) is 5.69 Å². The van der Waals surface area contributed by atoms with Gasteiger partial charge >= 0.3 is 0 Å². The van der Waals surface area contributed by atoms with Crippen molar-refractivity contribution < 1.29 is 9.53 Å². The molecule has 0 aliphatic heterocycles. The first-order chi connectivity index (χ1) is 10.0. The van der Waals surface area contributed by atoms with Gasteiger partial charge in [-0.25, -0.2) is 0 Å². The third kappa shape index (κ3) is 3.16. The number of carbonyl (C=O) groups excluding carboxylic acids is 1. The number of ether oxygens (including phenoxy) is 1. The van der Waals surface area contributed by atoms with E-state index < -0.39 is 0 Å². The molecule has 4 heteroatoms. The summed E-state index contributed by atoms with van der Waals surface area (Å²) in [4.78, 5) is 14.4. The largest absolute Gasteiger partial charge is 0.496 e. The van der Waals surface area contributed by atoms with Gasteiger partial charge in [0.25, 0.3) is 5.91 Å². The molecular weight excluding hydrogens is 264 g/mol. The molecule has 110 valence electrons. The Bertz CT molecular complexity index is 626. The van der Waals surface area contributed by atoms with Crippen molar-refractivity contribution in [2.75, 3.05) is 19.9 Å². The van der Waals surface area contributed by atoms with Gasteiger partial charge in [0.2, 0.25) is 0 Å². The van der Waals surface area contributed by atoms with Gasteiger partial charge < -0.3 is 15.4 Å². The van der Waals surface area contributed by atoms with Gasteiger partial charge in [0.05, 0.1) is 18.7 Å². The van der Waals surface area contributed by atoms with Crippen LogP contribution in [0.15, 0.2) is 48.5 Å². The van der Waals surface area contributed by atoms with Gasteiger partial charge in [-0.05, 0) is 24.6 Å². The molecule has 0 aromatic heterocycles. The number of carbonyl (C=O) groups is 1. The standard InChI is InChI=1S/C17H20N2O2/c1-12(13-7-5-4-6-8-13)19(2)17(20)15-10-9-14(18)11-16(15)21-3/h4-12H,18H2,1-3H3. The fraction of sp³-hybridized carbons (Fsp3) is 0.235. The quantitative estimate of drug-likeness (QED) is 0.878. The van der Waals surface area contributed by atoms with Crippen molar-refractivity contribution in [3.05, 3.63) is 59.7 Å². The molecule has 2 aromatic rings. The van der Waals surface area contributed by atoms with Gasteiger partial charge in [-0.15, -0.1) is 0 Å². The van der Waals surface area contributed by atoms with E-state index in [1.165, 1.54) is 7.11 Å². The summed E-state index contributed by atoms with van der Waals surface area (Å²) in [7, 11) is 3.32. The molecule has 1 amide bonds. The number of benzene rings is 2. The van der Waals surface area contributed by atoms with Gasteiger partial charge in [-0.2, -0.15) is 0 Å². The Morgan fingerprint density at radius 3 is 2.48 bits per heavy atom. The van der Waals surface area contributed by atoms with E-state index in [0.29, 0.717) is 17.0 Å². The normalized spacial score (nSPS) is 11.8. The number of rotatable bonds is 4. The average Bonchev–Trinajstić information content (AvgIpc) is 2.53. The maximum atomic E-state index is 12.7. The zero-order valence-corrected chi connectivity index (χ0v) is 12.5. The minimum Gasteiger partial charge on any atom is -0.496 e. The van der Waals surface area contributed by atoms with Crippen LogP contribution in [0.5, 0.6) is 5.75 Å². The van der Waals surface area contributed by atoms with Crippen LogP contribution in [0.3, 0.4) is 0 Å². The minimum absolute atomic E-state index is 0.0269. The molecule has 4 nitrogen and oxygen atoms in total. The van der Waals surface area contributed by atoms with Crippen molar-refractivity contribution in [2.45, 2.75) is 13.0 Å². The molecule has 0 saturated carbocycles. The predicted molar refractivity (Wildman–Crippen MR) is 84.4 cm³/mol. The fourth-order valence-electron chi connectivity index (χ4n) is 2.21. The lowest BCUT2D eigenvalue weighted by Crippen LogP contribution is -2.30. The summed E-state index contributed by atoms with van der Waals surface area (Å²) in [5.41, 5.74) is 7.89. The number of nitrogen functional groups attached to an aromatic ring is 1. The Kier molecular flexibility index (Phi) is 4.48. The molecule has 2 aromatic carbocycles. The summed E-state index contributed by atoms with van der Waals surface area (Å²) >= 11 is 0. The third-order valence-electron chi connectivity index (χ3n) is 3.64. The number of amides is 1. The molecule has 0 bridgehead atoms. The molecule has 0 aliphatic rings. The van der Waals surface area contributed by atoms with E-state index in [9.17, 15) is 4.79 Å². The topological polar surface area (TPSA) is 55.6 Å². The molecule has 2 N–H and O–H groups in total. The highest BCUT2D eigenvalue weighted by Gasteiger charge is 2.21. The Morgan fingerprint density at radius 2 is 1.86 bits per heavy atom. The third-order valence-corrected chi connectivity index (χ3v) is 3.64. The van der Waals surface area contributed by atoms with Crippen molar-refractivity contribution in [1.82, 2.24) is 4.90 Å². The summed E-state index contributed by atoms with van der Waals surface area (Å²) in [5.74, 6) is 0.398. The number of hydrogen-bond donors (Lipinski definition) is 1. The lowest BCUT2D eigenvalue weighted by Gasteiger charge is -2.26. The molecule has 1 atom stereocenters. The highest BCUT2D eigenvalue weighted by Crippen LogP contribution is 2.26. The molecule has 0 radical (unpaired) electrons. The van der Waals surface area contributed by atoms with Gasteiger partial charge in [0.15, 0.2) is 0 Å².